The molecule has 0 aromatic heterocycles. The van der Waals surface area contributed by atoms with Crippen molar-refractivity contribution in [2.24, 2.45) is 0 Å². The molecule has 0 spiro atoms. The Hall–Kier alpha value is -1.02. The maximum atomic E-state index is 5.30. The summed E-state index contributed by atoms with van der Waals surface area (Å²) in [6.07, 6.45) is 9.35. The van der Waals surface area contributed by atoms with E-state index in [0.717, 1.165) is 18.8 Å². The fourth-order valence-corrected chi connectivity index (χ4v) is 3.42. The number of benzene rings is 1. The van der Waals surface area contributed by atoms with Crippen molar-refractivity contribution in [3.05, 3.63) is 29.8 Å². The number of methoxy groups -OCH3 is 1. The predicted molar refractivity (Wildman–Crippen MR) is 85.5 cm³/mol. The van der Waals surface area contributed by atoms with E-state index in [-0.39, 0.29) is 0 Å². The second kappa shape index (κ2) is 7.68. The van der Waals surface area contributed by atoms with E-state index in [2.05, 4.69) is 36.5 Å². The van der Waals surface area contributed by atoms with Crippen LogP contribution in [-0.4, -0.2) is 20.2 Å². The van der Waals surface area contributed by atoms with E-state index in [9.17, 15) is 0 Å². The molecule has 20 heavy (non-hydrogen) atoms. The zero-order chi connectivity index (χ0) is 14.3. The van der Waals surface area contributed by atoms with Crippen molar-refractivity contribution in [1.29, 1.82) is 0 Å². The normalized spacial score (nSPS) is 18.5. The van der Waals surface area contributed by atoms with Crippen molar-refractivity contribution >= 4 is 0 Å². The highest BCUT2D eigenvalue weighted by molar-refractivity contribution is 5.33. The average molecular weight is 275 g/mol. The molecule has 1 aliphatic rings. The molecule has 0 heterocycles. The largest absolute Gasteiger partial charge is 0.497 e. The Bertz CT molecular complexity index is 377. The number of hydrogen-bond donors (Lipinski definition) is 1. The number of ether oxygens (including phenoxy) is 1. The van der Waals surface area contributed by atoms with E-state index < -0.39 is 0 Å². The van der Waals surface area contributed by atoms with E-state index in [4.69, 9.17) is 4.74 Å². The predicted octanol–water partition coefficient (Wildman–Crippen LogP) is 4.29. The van der Waals surface area contributed by atoms with E-state index in [0.29, 0.717) is 5.41 Å². The van der Waals surface area contributed by atoms with Gasteiger partial charge in [-0.25, -0.2) is 0 Å². The maximum Gasteiger partial charge on any atom is 0.118 e. The van der Waals surface area contributed by atoms with Crippen LogP contribution in [0.4, 0.5) is 0 Å². The summed E-state index contributed by atoms with van der Waals surface area (Å²) in [4.78, 5) is 0. The van der Waals surface area contributed by atoms with Gasteiger partial charge in [-0.15, -0.1) is 0 Å². The zero-order valence-electron chi connectivity index (χ0n) is 13.1. The fraction of sp³-hybridized carbons (Fsp3) is 0.667. The third-order valence-corrected chi connectivity index (χ3v) is 4.65. The van der Waals surface area contributed by atoms with Crippen LogP contribution < -0.4 is 10.1 Å². The molecule has 2 heteroatoms. The van der Waals surface area contributed by atoms with Crippen molar-refractivity contribution in [3.8, 4) is 5.75 Å². The molecule has 0 radical (unpaired) electrons. The third-order valence-electron chi connectivity index (χ3n) is 4.65. The highest BCUT2D eigenvalue weighted by atomic mass is 16.5. The summed E-state index contributed by atoms with van der Waals surface area (Å²) in [6, 6.07) is 8.78. The highest BCUT2D eigenvalue weighted by Gasteiger charge is 2.32. The first-order valence-corrected chi connectivity index (χ1v) is 8.16. The Kier molecular flexibility index (Phi) is 5.90. The minimum Gasteiger partial charge on any atom is -0.497 e. The van der Waals surface area contributed by atoms with Gasteiger partial charge in [0.2, 0.25) is 0 Å². The zero-order valence-corrected chi connectivity index (χ0v) is 13.1. The smallest absolute Gasteiger partial charge is 0.118 e. The Morgan fingerprint density at radius 2 is 1.70 bits per heavy atom. The van der Waals surface area contributed by atoms with Gasteiger partial charge in [-0.05, 0) is 43.5 Å². The molecule has 1 saturated carbocycles. The molecule has 0 bridgehead atoms. The van der Waals surface area contributed by atoms with Crippen molar-refractivity contribution < 1.29 is 4.74 Å². The lowest BCUT2D eigenvalue weighted by atomic mass is 9.74. The fourth-order valence-electron chi connectivity index (χ4n) is 3.42. The second-order valence-corrected chi connectivity index (χ2v) is 6.10. The van der Waals surface area contributed by atoms with Gasteiger partial charge < -0.3 is 10.1 Å². The maximum absolute atomic E-state index is 5.30. The Morgan fingerprint density at radius 1 is 1.05 bits per heavy atom. The van der Waals surface area contributed by atoms with Gasteiger partial charge in [-0.2, -0.15) is 0 Å². The van der Waals surface area contributed by atoms with Crippen molar-refractivity contribution in [2.75, 3.05) is 20.2 Å². The minimum absolute atomic E-state index is 0.331. The lowest BCUT2D eigenvalue weighted by Crippen LogP contribution is -2.38. The van der Waals surface area contributed by atoms with Gasteiger partial charge in [-0.3, -0.25) is 0 Å². The van der Waals surface area contributed by atoms with Gasteiger partial charge in [0.1, 0.15) is 5.75 Å². The summed E-state index contributed by atoms with van der Waals surface area (Å²) in [6.45, 7) is 4.48. The van der Waals surface area contributed by atoms with E-state index >= 15 is 0 Å². The van der Waals surface area contributed by atoms with E-state index in [1.165, 1.54) is 50.5 Å². The van der Waals surface area contributed by atoms with Crippen LogP contribution in [0.1, 0.15) is 57.4 Å². The summed E-state index contributed by atoms with van der Waals surface area (Å²) < 4.78 is 5.30. The van der Waals surface area contributed by atoms with E-state index in [1.807, 2.05) is 0 Å². The van der Waals surface area contributed by atoms with Gasteiger partial charge in [0.25, 0.3) is 0 Å². The molecule has 2 rings (SSSR count). The average Bonchev–Trinajstić information content (AvgIpc) is 2.74. The molecule has 112 valence electrons. The molecular formula is C18H29NO. The summed E-state index contributed by atoms with van der Waals surface area (Å²) in [7, 11) is 1.74. The summed E-state index contributed by atoms with van der Waals surface area (Å²) in [5.74, 6) is 0.957. The molecule has 0 saturated heterocycles. The lowest BCUT2D eigenvalue weighted by molar-refractivity contribution is 0.347. The van der Waals surface area contributed by atoms with E-state index in [1.54, 1.807) is 7.11 Å². The Balaban J connectivity index is 2.18. The van der Waals surface area contributed by atoms with Crippen LogP contribution in [-0.2, 0) is 5.41 Å². The minimum atomic E-state index is 0.331. The van der Waals surface area contributed by atoms with Gasteiger partial charge in [0.15, 0.2) is 0 Å². The lowest BCUT2D eigenvalue weighted by Gasteiger charge is -2.34. The van der Waals surface area contributed by atoms with Crippen LogP contribution in [0, 0.1) is 0 Å². The topological polar surface area (TPSA) is 21.3 Å². The molecule has 1 aliphatic carbocycles. The first-order chi connectivity index (χ1) is 9.80. The number of nitrogens with one attached hydrogen (secondary N) is 1. The molecule has 0 unspecified atom stereocenters. The van der Waals surface area contributed by atoms with Gasteiger partial charge >= 0.3 is 0 Å². The van der Waals surface area contributed by atoms with Crippen molar-refractivity contribution in [2.45, 2.75) is 57.3 Å². The highest BCUT2D eigenvalue weighted by Crippen LogP contribution is 2.38. The number of hydrogen-bond acceptors (Lipinski definition) is 2. The summed E-state index contributed by atoms with van der Waals surface area (Å²) in [5, 5.41) is 3.67. The molecular weight excluding hydrogens is 246 g/mol. The van der Waals surface area contributed by atoms with Crippen LogP contribution in [0.15, 0.2) is 24.3 Å². The first kappa shape index (κ1) is 15.4. The molecule has 0 aliphatic heterocycles. The van der Waals surface area contributed by atoms with Crippen molar-refractivity contribution in [3.63, 3.8) is 0 Å². The van der Waals surface area contributed by atoms with Gasteiger partial charge in [-0.1, -0.05) is 44.7 Å². The van der Waals surface area contributed by atoms with Gasteiger partial charge in [0, 0.05) is 12.0 Å². The Morgan fingerprint density at radius 3 is 2.25 bits per heavy atom. The van der Waals surface area contributed by atoms with Crippen LogP contribution in [0.3, 0.4) is 0 Å². The molecule has 1 N–H and O–H groups in total. The molecule has 0 amide bonds. The summed E-state index contributed by atoms with van der Waals surface area (Å²) >= 11 is 0. The van der Waals surface area contributed by atoms with Gasteiger partial charge in [0.05, 0.1) is 7.11 Å². The first-order valence-electron chi connectivity index (χ1n) is 8.16. The Labute approximate surface area is 123 Å². The van der Waals surface area contributed by atoms with Crippen LogP contribution in [0.5, 0.6) is 5.75 Å². The van der Waals surface area contributed by atoms with Crippen molar-refractivity contribution in [1.82, 2.24) is 5.32 Å². The second-order valence-electron chi connectivity index (χ2n) is 6.10. The van der Waals surface area contributed by atoms with Crippen LogP contribution in [0.25, 0.3) is 0 Å². The molecule has 1 aromatic rings. The molecule has 2 nitrogen and oxygen atoms in total. The summed E-state index contributed by atoms with van der Waals surface area (Å²) in [5.41, 5.74) is 1.82. The van der Waals surface area contributed by atoms with Crippen LogP contribution in [0.2, 0.25) is 0 Å². The van der Waals surface area contributed by atoms with Crippen LogP contribution >= 0.6 is 0 Å². The third kappa shape index (κ3) is 3.76. The molecule has 1 fully saturated rings. The molecule has 1 aromatic carbocycles. The quantitative estimate of drug-likeness (QED) is 0.618. The monoisotopic (exact) mass is 275 g/mol. The standard InChI is InChI=1S/C18H29NO/c1-3-14-19-15-18(12-6-4-5-7-13-18)16-8-10-17(20-2)11-9-16/h8-11,19H,3-7,12-15H2,1-2H3. The molecule has 0 atom stereocenters. The SMILES string of the molecule is CCCNCC1(c2ccc(OC)cc2)CCCCCC1. The number of rotatable bonds is 6.